The number of nitrogens with zero attached hydrogens (tertiary/aromatic N) is 1. The third kappa shape index (κ3) is 6.04. The Labute approximate surface area is 113 Å². The molecule has 1 saturated carbocycles. The van der Waals surface area contributed by atoms with E-state index in [0.717, 1.165) is 25.7 Å². The number of unbranched alkanes of at least 4 members (excludes halogenated alkanes) is 2. The molecule has 1 fully saturated rings. The van der Waals surface area contributed by atoms with Gasteiger partial charge >= 0.3 is 5.97 Å². The van der Waals surface area contributed by atoms with Gasteiger partial charge in [0.2, 0.25) is 5.91 Å². The predicted octanol–water partition coefficient (Wildman–Crippen LogP) is 0.667. The van der Waals surface area contributed by atoms with Crippen molar-refractivity contribution in [3.05, 3.63) is 0 Å². The molecule has 1 aliphatic rings. The van der Waals surface area contributed by atoms with Gasteiger partial charge in [-0.25, -0.2) is 8.42 Å². The van der Waals surface area contributed by atoms with E-state index in [0.29, 0.717) is 6.42 Å². The Hall–Kier alpha value is -1.11. The van der Waals surface area contributed by atoms with Crippen LogP contribution in [0.5, 0.6) is 0 Å². The summed E-state index contributed by atoms with van der Waals surface area (Å²) < 4.78 is 23.5. The van der Waals surface area contributed by atoms with Crippen molar-refractivity contribution >= 4 is 21.7 Å². The fraction of sp³-hybridized carbons (Fsp3) is 0.833. The molecule has 1 amide bonds. The molecule has 0 atom stereocenters. The van der Waals surface area contributed by atoms with Crippen LogP contribution in [0.4, 0.5) is 0 Å². The third-order valence-corrected chi connectivity index (χ3v) is 4.61. The fourth-order valence-electron chi connectivity index (χ4n) is 1.87. The van der Waals surface area contributed by atoms with Gasteiger partial charge in [-0.2, -0.15) is 0 Å². The van der Waals surface area contributed by atoms with Crippen LogP contribution in [0.3, 0.4) is 0 Å². The van der Waals surface area contributed by atoms with Gasteiger partial charge in [-0.3, -0.25) is 9.59 Å². The molecule has 7 heteroatoms. The molecule has 0 aromatic heterocycles. The monoisotopic (exact) mass is 291 g/mol. The molecule has 0 heterocycles. The van der Waals surface area contributed by atoms with Gasteiger partial charge in [-0.05, 0) is 19.3 Å². The molecule has 0 aliphatic heterocycles. The second-order valence-electron chi connectivity index (χ2n) is 4.95. The second-order valence-corrected chi connectivity index (χ2v) is 7.13. The predicted molar refractivity (Wildman–Crippen MR) is 70.5 cm³/mol. The molecule has 1 aliphatic carbocycles. The molecule has 1 rings (SSSR count). The maximum Gasteiger partial charge on any atom is 0.323 e. The lowest BCUT2D eigenvalue weighted by Crippen LogP contribution is -2.41. The van der Waals surface area contributed by atoms with E-state index in [1.807, 2.05) is 6.92 Å². The average Bonchev–Trinajstić information content (AvgIpc) is 3.08. The minimum absolute atomic E-state index is 0.00183. The normalized spacial score (nSPS) is 15.2. The molecule has 1 N–H and O–H groups in total. The van der Waals surface area contributed by atoms with Gasteiger partial charge < -0.3 is 10.0 Å². The topological polar surface area (TPSA) is 91.8 Å². The van der Waals surface area contributed by atoms with E-state index in [-0.39, 0.29) is 11.8 Å². The van der Waals surface area contributed by atoms with Crippen LogP contribution < -0.4 is 0 Å². The van der Waals surface area contributed by atoms with Crippen molar-refractivity contribution in [2.75, 3.05) is 18.1 Å². The van der Waals surface area contributed by atoms with Crippen LogP contribution >= 0.6 is 0 Å². The molecule has 0 saturated heterocycles. The number of carbonyl (C=O) groups is 2. The average molecular weight is 291 g/mol. The summed E-state index contributed by atoms with van der Waals surface area (Å²) in [5.74, 6) is -2.26. The number of carboxylic acids is 1. The van der Waals surface area contributed by atoms with E-state index >= 15 is 0 Å². The van der Waals surface area contributed by atoms with Gasteiger partial charge in [0.25, 0.3) is 0 Å². The number of rotatable bonds is 9. The van der Waals surface area contributed by atoms with Crippen LogP contribution in [0.2, 0.25) is 0 Å². The van der Waals surface area contributed by atoms with Crippen LogP contribution in [0, 0.1) is 0 Å². The Morgan fingerprint density at radius 2 is 1.89 bits per heavy atom. The Morgan fingerprint density at radius 3 is 2.37 bits per heavy atom. The number of aliphatic carboxylic acids is 1. The standard InChI is InChI=1S/C12H21NO5S/c1-2-3-4-7-19(17,18)9-11(14)13(8-12(15)16)10-5-6-10/h10H,2-9H2,1H3,(H,15,16). The van der Waals surface area contributed by atoms with Gasteiger partial charge in [-0.15, -0.1) is 0 Å². The van der Waals surface area contributed by atoms with E-state index < -0.39 is 34.0 Å². The minimum atomic E-state index is -3.42. The van der Waals surface area contributed by atoms with Gasteiger partial charge in [0.05, 0.1) is 5.75 Å². The Kier molecular flexibility index (Phi) is 5.78. The fourth-order valence-corrected chi connectivity index (χ4v) is 3.20. The summed E-state index contributed by atoms with van der Waals surface area (Å²) in [6, 6.07) is -0.0885. The number of hydrogen-bond acceptors (Lipinski definition) is 4. The molecule has 0 aromatic rings. The summed E-state index contributed by atoms with van der Waals surface area (Å²) in [5.41, 5.74) is 0. The second kappa shape index (κ2) is 6.88. The smallest absolute Gasteiger partial charge is 0.323 e. The highest BCUT2D eigenvalue weighted by molar-refractivity contribution is 7.92. The van der Waals surface area contributed by atoms with Crippen molar-refractivity contribution in [2.24, 2.45) is 0 Å². The van der Waals surface area contributed by atoms with Gasteiger partial charge in [0, 0.05) is 6.04 Å². The van der Waals surface area contributed by atoms with Crippen LogP contribution in [-0.2, 0) is 19.4 Å². The zero-order valence-corrected chi connectivity index (χ0v) is 12.0. The first kappa shape index (κ1) is 15.9. The maximum atomic E-state index is 11.9. The molecule has 0 radical (unpaired) electrons. The number of carbonyl (C=O) groups excluding carboxylic acids is 1. The summed E-state index contributed by atoms with van der Waals surface area (Å²) in [6.45, 7) is 1.56. The molecule has 110 valence electrons. The summed E-state index contributed by atoms with van der Waals surface area (Å²) in [5, 5.41) is 8.74. The summed E-state index contributed by atoms with van der Waals surface area (Å²) in [7, 11) is -3.42. The Balaban J connectivity index is 2.53. The van der Waals surface area contributed by atoms with Crippen molar-refractivity contribution in [1.29, 1.82) is 0 Å². The zero-order chi connectivity index (χ0) is 14.5. The van der Waals surface area contributed by atoms with E-state index in [9.17, 15) is 18.0 Å². The largest absolute Gasteiger partial charge is 0.480 e. The number of hydrogen-bond donors (Lipinski definition) is 1. The van der Waals surface area contributed by atoms with Crippen molar-refractivity contribution in [2.45, 2.75) is 45.1 Å². The minimum Gasteiger partial charge on any atom is -0.480 e. The highest BCUT2D eigenvalue weighted by atomic mass is 32.2. The summed E-state index contributed by atoms with van der Waals surface area (Å²) >= 11 is 0. The molecule has 0 aromatic carbocycles. The Morgan fingerprint density at radius 1 is 1.26 bits per heavy atom. The summed E-state index contributed by atoms with van der Waals surface area (Å²) in [6.07, 6.45) is 3.80. The Bertz CT molecular complexity index is 427. The molecule has 0 unspecified atom stereocenters. The van der Waals surface area contributed by atoms with Crippen LogP contribution in [0.25, 0.3) is 0 Å². The number of sulfone groups is 1. The van der Waals surface area contributed by atoms with Crippen molar-refractivity contribution in [3.8, 4) is 0 Å². The molecule has 0 spiro atoms. The quantitative estimate of drug-likeness (QED) is 0.630. The first-order valence-electron chi connectivity index (χ1n) is 6.57. The molecule has 19 heavy (non-hydrogen) atoms. The van der Waals surface area contributed by atoms with E-state index in [1.54, 1.807) is 0 Å². The lowest BCUT2D eigenvalue weighted by molar-refractivity contribution is -0.143. The van der Waals surface area contributed by atoms with Crippen LogP contribution in [0.1, 0.15) is 39.0 Å². The highest BCUT2D eigenvalue weighted by Crippen LogP contribution is 2.26. The number of carboxylic acid groups (broad SMARTS) is 1. The molecule has 6 nitrogen and oxygen atoms in total. The lowest BCUT2D eigenvalue weighted by atomic mass is 10.3. The van der Waals surface area contributed by atoms with Crippen LogP contribution in [0.15, 0.2) is 0 Å². The summed E-state index contributed by atoms with van der Waals surface area (Å²) in [4.78, 5) is 23.8. The molecular weight excluding hydrogens is 270 g/mol. The molecule has 0 bridgehead atoms. The van der Waals surface area contributed by atoms with Crippen molar-refractivity contribution < 1.29 is 23.1 Å². The third-order valence-electron chi connectivity index (χ3n) is 3.02. The van der Waals surface area contributed by atoms with Crippen LogP contribution in [-0.4, -0.2) is 54.4 Å². The number of amides is 1. The molecular formula is C12H21NO5S. The first-order valence-corrected chi connectivity index (χ1v) is 8.39. The van der Waals surface area contributed by atoms with Gasteiger partial charge in [-0.1, -0.05) is 19.8 Å². The maximum absolute atomic E-state index is 11.9. The van der Waals surface area contributed by atoms with E-state index in [1.165, 1.54) is 4.90 Å². The van der Waals surface area contributed by atoms with Gasteiger partial charge in [0.15, 0.2) is 9.84 Å². The van der Waals surface area contributed by atoms with E-state index in [4.69, 9.17) is 5.11 Å². The first-order chi connectivity index (χ1) is 8.85. The van der Waals surface area contributed by atoms with E-state index in [2.05, 4.69) is 0 Å². The van der Waals surface area contributed by atoms with Crippen molar-refractivity contribution in [3.63, 3.8) is 0 Å². The van der Waals surface area contributed by atoms with Gasteiger partial charge in [0.1, 0.15) is 12.3 Å². The lowest BCUT2D eigenvalue weighted by Gasteiger charge is -2.20. The zero-order valence-electron chi connectivity index (χ0n) is 11.2. The highest BCUT2D eigenvalue weighted by Gasteiger charge is 2.35. The SMILES string of the molecule is CCCCCS(=O)(=O)CC(=O)N(CC(=O)O)C1CC1. The van der Waals surface area contributed by atoms with Crippen molar-refractivity contribution in [1.82, 2.24) is 4.90 Å².